The number of aromatic nitrogens is 2. The van der Waals surface area contributed by atoms with E-state index in [1.54, 1.807) is 4.57 Å². The number of halogens is 3. The van der Waals surface area contributed by atoms with Crippen LogP contribution in [0.2, 0.25) is 0 Å². The van der Waals surface area contributed by atoms with Gasteiger partial charge in [0.1, 0.15) is 29.6 Å². The molecule has 1 atom stereocenters. The van der Waals surface area contributed by atoms with Gasteiger partial charge in [0.2, 0.25) is 5.91 Å². The van der Waals surface area contributed by atoms with E-state index in [9.17, 15) is 18.0 Å². The summed E-state index contributed by atoms with van der Waals surface area (Å²) in [6, 6.07) is 8.80. The maximum Gasteiger partial charge on any atom is 0.226 e. The van der Waals surface area contributed by atoms with E-state index >= 15 is 0 Å². The Morgan fingerprint density at radius 3 is 2.52 bits per heavy atom. The molecule has 2 aromatic carbocycles. The number of hydrogen-bond acceptors (Lipinski definition) is 2. The summed E-state index contributed by atoms with van der Waals surface area (Å²) in [7, 11) is 0. The van der Waals surface area contributed by atoms with Crippen molar-refractivity contribution >= 4 is 11.7 Å². The highest BCUT2D eigenvalue weighted by Crippen LogP contribution is 2.38. The maximum atomic E-state index is 14.2. The van der Waals surface area contributed by atoms with Crippen molar-refractivity contribution in [1.82, 2.24) is 9.55 Å². The molecule has 1 unspecified atom stereocenters. The molecule has 0 fully saturated rings. The zero-order valence-corrected chi connectivity index (χ0v) is 12.8. The van der Waals surface area contributed by atoms with Crippen molar-refractivity contribution in [2.45, 2.75) is 12.3 Å². The van der Waals surface area contributed by atoms with Gasteiger partial charge in [0.05, 0.1) is 5.69 Å². The van der Waals surface area contributed by atoms with Crippen LogP contribution in [0.1, 0.15) is 23.6 Å². The number of hydrogen-bond donors (Lipinski definition) is 1. The normalized spacial score (nSPS) is 16.4. The van der Waals surface area contributed by atoms with Crippen LogP contribution in [0.4, 0.5) is 19.0 Å². The Morgan fingerprint density at radius 1 is 1.04 bits per heavy atom. The van der Waals surface area contributed by atoms with Crippen molar-refractivity contribution in [3.63, 3.8) is 0 Å². The standard InChI is InChI=1S/C18H12F3N3O/c19-10-1-4-12(5-2-10)24-9-22-17-14(8-16(25)23-18(17)24)13-7-11(20)3-6-15(13)21/h1-7,9,14H,8H2,(H,23,25). The lowest BCUT2D eigenvalue weighted by Crippen LogP contribution is -2.25. The largest absolute Gasteiger partial charge is 0.310 e. The van der Waals surface area contributed by atoms with E-state index in [0.717, 1.165) is 18.2 Å². The monoisotopic (exact) mass is 343 g/mol. The lowest BCUT2D eigenvalue weighted by Gasteiger charge is -2.23. The predicted octanol–water partition coefficient (Wildman–Crippen LogP) is 3.76. The first-order valence-corrected chi connectivity index (χ1v) is 7.61. The first-order valence-electron chi connectivity index (χ1n) is 7.61. The van der Waals surface area contributed by atoms with Crippen molar-refractivity contribution in [1.29, 1.82) is 0 Å². The molecule has 3 aromatic rings. The molecule has 25 heavy (non-hydrogen) atoms. The molecular weight excluding hydrogens is 331 g/mol. The van der Waals surface area contributed by atoms with Gasteiger partial charge in [-0.1, -0.05) is 0 Å². The molecule has 2 heterocycles. The minimum atomic E-state index is -0.693. The molecule has 0 saturated carbocycles. The van der Waals surface area contributed by atoms with E-state index < -0.39 is 17.6 Å². The van der Waals surface area contributed by atoms with Gasteiger partial charge in [0.15, 0.2) is 0 Å². The lowest BCUT2D eigenvalue weighted by atomic mass is 9.89. The van der Waals surface area contributed by atoms with Crippen molar-refractivity contribution in [2.24, 2.45) is 0 Å². The highest BCUT2D eigenvalue weighted by Gasteiger charge is 2.32. The minimum absolute atomic E-state index is 0.0339. The summed E-state index contributed by atoms with van der Waals surface area (Å²) >= 11 is 0. The molecule has 0 bridgehead atoms. The topological polar surface area (TPSA) is 46.9 Å². The van der Waals surface area contributed by atoms with Gasteiger partial charge < -0.3 is 5.32 Å². The number of amides is 1. The maximum absolute atomic E-state index is 14.2. The number of imidazole rings is 1. The first kappa shape index (κ1) is 15.4. The summed E-state index contributed by atoms with van der Waals surface area (Å²) in [5.41, 5.74) is 1.12. The molecule has 1 N–H and O–H groups in total. The fourth-order valence-corrected chi connectivity index (χ4v) is 3.04. The zero-order chi connectivity index (χ0) is 17.6. The molecular formula is C18H12F3N3O. The van der Waals surface area contributed by atoms with E-state index in [2.05, 4.69) is 10.3 Å². The summed E-state index contributed by atoms with van der Waals surface area (Å²) < 4.78 is 42.4. The Kier molecular flexibility index (Phi) is 3.56. The molecule has 1 aromatic heterocycles. The number of nitrogens with zero attached hydrogens (tertiary/aromatic N) is 2. The van der Waals surface area contributed by atoms with Crippen LogP contribution in [0, 0.1) is 17.5 Å². The average Bonchev–Trinajstić information content (AvgIpc) is 3.01. The van der Waals surface area contributed by atoms with Gasteiger partial charge in [0, 0.05) is 23.6 Å². The Balaban J connectivity index is 1.84. The third kappa shape index (κ3) is 2.67. The van der Waals surface area contributed by atoms with Crippen LogP contribution in [-0.2, 0) is 4.79 Å². The Hall–Kier alpha value is -3.09. The number of nitrogens with one attached hydrogen (secondary N) is 1. The summed E-state index contributed by atoms with van der Waals surface area (Å²) in [6.07, 6.45) is 1.43. The van der Waals surface area contributed by atoms with Crippen molar-refractivity contribution < 1.29 is 18.0 Å². The van der Waals surface area contributed by atoms with Gasteiger partial charge >= 0.3 is 0 Å². The zero-order valence-electron chi connectivity index (χ0n) is 12.8. The second-order valence-corrected chi connectivity index (χ2v) is 5.80. The van der Waals surface area contributed by atoms with Crippen LogP contribution in [0.3, 0.4) is 0 Å². The van der Waals surface area contributed by atoms with Crippen LogP contribution in [0.25, 0.3) is 5.69 Å². The van der Waals surface area contributed by atoms with E-state index in [0.29, 0.717) is 17.2 Å². The van der Waals surface area contributed by atoms with Crippen LogP contribution in [0.5, 0.6) is 0 Å². The molecule has 0 spiro atoms. The van der Waals surface area contributed by atoms with Gasteiger partial charge in [-0.2, -0.15) is 0 Å². The molecule has 0 aliphatic carbocycles. The number of carbonyl (C=O) groups excluding carboxylic acids is 1. The second-order valence-electron chi connectivity index (χ2n) is 5.80. The van der Waals surface area contributed by atoms with Gasteiger partial charge in [-0.05, 0) is 42.5 Å². The molecule has 126 valence electrons. The van der Waals surface area contributed by atoms with Crippen molar-refractivity contribution in [2.75, 3.05) is 5.32 Å². The summed E-state index contributed by atoms with van der Waals surface area (Å²) in [5.74, 6) is -2.21. The van der Waals surface area contributed by atoms with Crippen LogP contribution >= 0.6 is 0 Å². The van der Waals surface area contributed by atoms with Crippen LogP contribution < -0.4 is 5.32 Å². The highest BCUT2D eigenvalue weighted by atomic mass is 19.1. The average molecular weight is 343 g/mol. The number of benzene rings is 2. The lowest BCUT2D eigenvalue weighted by molar-refractivity contribution is -0.116. The number of rotatable bonds is 2. The SMILES string of the molecule is O=C1CC(c2cc(F)ccc2F)c2ncn(-c3ccc(F)cc3)c2N1. The van der Waals surface area contributed by atoms with Crippen molar-refractivity contribution in [3.05, 3.63) is 77.5 Å². The molecule has 1 aliphatic heterocycles. The number of carbonyl (C=O) groups is 1. The summed E-state index contributed by atoms with van der Waals surface area (Å²) in [5, 5.41) is 2.71. The van der Waals surface area contributed by atoms with Gasteiger partial charge in [0.25, 0.3) is 0 Å². The third-order valence-corrected chi connectivity index (χ3v) is 4.21. The summed E-state index contributed by atoms with van der Waals surface area (Å²) in [6.45, 7) is 0. The van der Waals surface area contributed by atoms with E-state index in [-0.39, 0.29) is 23.7 Å². The van der Waals surface area contributed by atoms with Gasteiger partial charge in [-0.3, -0.25) is 9.36 Å². The number of anilines is 1. The smallest absolute Gasteiger partial charge is 0.226 e. The third-order valence-electron chi connectivity index (χ3n) is 4.21. The fourth-order valence-electron chi connectivity index (χ4n) is 3.04. The number of fused-ring (bicyclic) bond motifs is 1. The second kappa shape index (κ2) is 5.77. The minimum Gasteiger partial charge on any atom is -0.310 e. The molecule has 0 saturated heterocycles. The molecule has 1 aliphatic rings. The van der Waals surface area contributed by atoms with E-state index in [1.807, 2.05) is 0 Å². The van der Waals surface area contributed by atoms with Crippen LogP contribution in [0.15, 0.2) is 48.8 Å². The summed E-state index contributed by atoms with van der Waals surface area (Å²) in [4.78, 5) is 16.4. The quantitative estimate of drug-likeness (QED) is 0.770. The van der Waals surface area contributed by atoms with E-state index in [4.69, 9.17) is 0 Å². The molecule has 0 radical (unpaired) electrons. The molecule has 4 rings (SSSR count). The molecule has 7 heteroatoms. The first-order chi connectivity index (χ1) is 12.0. The Labute approximate surface area is 140 Å². The van der Waals surface area contributed by atoms with Gasteiger partial charge in [-0.25, -0.2) is 18.2 Å². The Morgan fingerprint density at radius 2 is 1.76 bits per heavy atom. The van der Waals surface area contributed by atoms with Gasteiger partial charge in [-0.15, -0.1) is 0 Å². The predicted molar refractivity (Wildman–Crippen MR) is 85.0 cm³/mol. The van der Waals surface area contributed by atoms with Crippen molar-refractivity contribution in [3.8, 4) is 5.69 Å². The Bertz CT molecular complexity index is 966. The highest BCUT2D eigenvalue weighted by molar-refractivity contribution is 5.94. The fraction of sp³-hybridized carbons (Fsp3) is 0.111. The van der Waals surface area contributed by atoms with E-state index in [1.165, 1.54) is 30.6 Å². The molecule has 1 amide bonds. The van der Waals surface area contributed by atoms with Crippen LogP contribution in [-0.4, -0.2) is 15.5 Å². The molecule has 4 nitrogen and oxygen atoms in total.